The summed E-state index contributed by atoms with van der Waals surface area (Å²) in [6, 6.07) is 1.90. The quantitative estimate of drug-likeness (QED) is 0.837. The summed E-state index contributed by atoms with van der Waals surface area (Å²) in [6.07, 6.45) is 5.46. The van der Waals surface area contributed by atoms with E-state index in [0.29, 0.717) is 17.2 Å². The fraction of sp³-hybridized carbons (Fsp3) is 0.692. The maximum atomic E-state index is 5.24. The Bertz CT molecular complexity index is 471. The third-order valence-corrected chi connectivity index (χ3v) is 4.42. The van der Waals surface area contributed by atoms with E-state index in [2.05, 4.69) is 9.97 Å². The first-order chi connectivity index (χ1) is 8.26. The zero-order valence-corrected chi connectivity index (χ0v) is 10.9. The molecule has 2 fully saturated rings. The standard InChI is InChI=1S/C13H18N2OS/c1-16-7-10-6-12(17)15-13(14-10)11-5-8-2-3-9(11)4-8/h6,8-9,11H,2-5,7H2,1H3,(H,14,15,17). The van der Waals surface area contributed by atoms with Crippen LogP contribution in [-0.4, -0.2) is 17.1 Å². The second-order valence-electron chi connectivity index (χ2n) is 5.34. The molecule has 0 amide bonds. The van der Waals surface area contributed by atoms with Crippen LogP contribution in [0.2, 0.25) is 0 Å². The van der Waals surface area contributed by atoms with Crippen molar-refractivity contribution in [2.24, 2.45) is 11.8 Å². The molecule has 4 heteroatoms. The van der Waals surface area contributed by atoms with E-state index < -0.39 is 0 Å². The minimum absolute atomic E-state index is 0.583. The van der Waals surface area contributed by atoms with Crippen molar-refractivity contribution in [2.45, 2.75) is 38.2 Å². The molecule has 1 aromatic heterocycles. The predicted molar refractivity (Wildman–Crippen MR) is 68.3 cm³/mol. The molecule has 92 valence electrons. The molecule has 2 aliphatic carbocycles. The number of aromatic nitrogens is 2. The first-order valence-electron chi connectivity index (χ1n) is 6.35. The van der Waals surface area contributed by atoms with Crippen LogP contribution in [0.25, 0.3) is 0 Å². The van der Waals surface area contributed by atoms with E-state index in [4.69, 9.17) is 17.0 Å². The lowest BCUT2D eigenvalue weighted by Crippen LogP contribution is -2.13. The third kappa shape index (κ3) is 2.16. The van der Waals surface area contributed by atoms with E-state index in [9.17, 15) is 0 Å². The Morgan fingerprint density at radius 2 is 2.35 bits per heavy atom. The van der Waals surface area contributed by atoms with Crippen LogP contribution in [0.4, 0.5) is 0 Å². The van der Waals surface area contributed by atoms with Crippen LogP contribution >= 0.6 is 12.2 Å². The van der Waals surface area contributed by atoms with Crippen molar-refractivity contribution in [1.82, 2.24) is 9.97 Å². The lowest BCUT2D eigenvalue weighted by atomic mass is 9.88. The number of nitrogens with one attached hydrogen (secondary N) is 1. The highest BCUT2D eigenvalue weighted by Gasteiger charge is 2.41. The molecular formula is C13H18N2OS. The summed E-state index contributed by atoms with van der Waals surface area (Å²) in [5.41, 5.74) is 1.05. The zero-order chi connectivity index (χ0) is 11.8. The van der Waals surface area contributed by atoms with Crippen LogP contribution in [0.15, 0.2) is 6.07 Å². The molecule has 0 aliphatic heterocycles. The van der Waals surface area contributed by atoms with Gasteiger partial charge in [0.25, 0.3) is 0 Å². The summed E-state index contributed by atoms with van der Waals surface area (Å²) in [4.78, 5) is 7.93. The van der Waals surface area contributed by atoms with Crippen molar-refractivity contribution in [3.63, 3.8) is 0 Å². The lowest BCUT2D eigenvalue weighted by molar-refractivity contribution is 0.181. The number of hydrogen-bond donors (Lipinski definition) is 1. The van der Waals surface area contributed by atoms with Crippen LogP contribution in [0, 0.1) is 16.5 Å². The average Bonchev–Trinajstić information content (AvgIpc) is 2.90. The molecule has 1 heterocycles. The van der Waals surface area contributed by atoms with Crippen LogP contribution in [-0.2, 0) is 11.3 Å². The summed E-state index contributed by atoms with van der Waals surface area (Å²) in [7, 11) is 1.70. The monoisotopic (exact) mass is 250 g/mol. The van der Waals surface area contributed by atoms with Crippen molar-refractivity contribution >= 4 is 12.2 Å². The van der Waals surface area contributed by atoms with Crippen molar-refractivity contribution in [2.75, 3.05) is 7.11 Å². The van der Waals surface area contributed by atoms with Crippen LogP contribution in [0.3, 0.4) is 0 Å². The number of methoxy groups -OCH3 is 1. The summed E-state index contributed by atoms with van der Waals surface area (Å²) in [5, 5.41) is 0. The van der Waals surface area contributed by atoms with Gasteiger partial charge in [0, 0.05) is 18.7 Å². The number of hydrogen-bond acceptors (Lipinski definition) is 3. The molecule has 17 heavy (non-hydrogen) atoms. The maximum absolute atomic E-state index is 5.24. The number of fused-ring (bicyclic) bond motifs is 2. The van der Waals surface area contributed by atoms with E-state index in [1.54, 1.807) is 7.11 Å². The normalized spacial score (nSPS) is 31.0. The minimum atomic E-state index is 0.583. The van der Waals surface area contributed by atoms with Gasteiger partial charge in [-0.1, -0.05) is 18.6 Å². The van der Waals surface area contributed by atoms with Gasteiger partial charge in [-0.2, -0.15) is 0 Å². The fourth-order valence-corrected chi connectivity index (χ4v) is 3.76. The minimum Gasteiger partial charge on any atom is -0.378 e. The second-order valence-corrected chi connectivity index (χ2v) is 5.76. The number of aromatic amines is 1. The van der Waals surface area contributed by atoms with Gasteiger partial charge in [-0.15, -0.1) is 0 Å². The van der Waals surface area contributed by atoms with Gasteiger partial charge in [-0.05, 0) is 37.2 Å². The summed E-state index contributed by atoms with van der Waals surface area (Å²) >= 11 is 5.24. The number of nitrogens with zero attached hydrogens (tertiary/aromatic N) is 1. The van der Waals surface area contributed by atoms with Gasteiger partial charge in [0.15, 0.2) is 0 Å². The average molecular weight is 250 g/mol. The summed E-state index contributed by atoms with van der Waals surface area (Å²) in [6.45, 7) is 0.583. The van der Waals surface area contributed by atoms with E-state index in [-0.39, 0.29) is 0 Å². The van der Waals surface area contributed by atoms with E-state index in [0.717, 1.165) is 23.4 Å². The first kappa shape index (κ1) is 11.4. The van der Waals surface area contributed by atoms with E-state index >= 15 is 0 Å². The molecule has 3 atom stereocenters. The molecule has 0 radical (unpaired) electrons. The van der Waals surface area contributed by atoms with Crippen molar-refractivity contribution < 1.29 is 4.74 Å². The largest absolute Gasteiger partial charge is 0.378 e. The molecule has 0 spiro atoms. The molecule has 3 rings (SSSR count). The highest BCUT2D eigenvalue weighted by atomic mass is 32.1. The summed E-state index contributed by atoms with van der Waals surface area (Å²) < 4.78 is 5.85. The molecule has 3 unspecified atom stereocenters. The van der Waals surface area contributed by atoms with Crippen LogP contribution < -0.4 is 0 Å². The Balaban J connectivity index is 1.89. The molecule has 0 aromatic carbocycles. The molecule has 3 nitrogen and oxygen atoms in total. The molecule has 2 aliphatic rings. The highest BCUT2D eigenvalue weighted by molar-refractivity contribution is 7.71. The Morgan fingerprint density at radius 3 is 3.00 bits per heavy atom. The third-order valence-electron chi connectivity index (χ3n) is 4.21. The van der Waals surface area contributed by atoms with Crippen molar-refractivity contribution in [3.8, 4) is 0 Å². The number of H-pyrrole nitrogens is 1. The predicted octanol–water partition coefficient (Wildman–Crippen LogP) is 3.19. The first-order valence-corrected chi connectivity index (χ1v) is 6.76. The SMILES string of the molecule is COCc1cc(=S)nc(C2CC3CCC2C3)[nH]1. The molecule has 1 N–H and O–H groups in total. The Labute approximate surface area is 107 Å². The van der Waals surface area contributed by atoms with Gasteiger partial charge in [0.05, 0.1) is 6.61 Å². The molecule has 0 saturated heterocycles. The van der Waals surface area contributed by atoms with Gasteiger partial charge in [0.1, 0.15) is 10.5 Å². The second kappa shape index (κ2) is 4.50. The van der Waals surface area contributed by atoms with Gasteiger partial charge in [-0.25, -0.2) is 4.98 Å². The smallest absolute Gasteiger partial charge is 0.130 e. The Kier molecular flexibility index (Phi) is 3.01. The van der Waals surface area contributed by atoms with E-state index in [1.807, 2.05) is 6.07 Å². The Hall–Kier alpha value is -0.740. The Morgan fingerprint density at radius 1 is 1.47 bits per heavy atom. The number of rotatable bonds is 3. The van der Waals surface area contributed by atoms with Crippen LogP contribution in [0.5, 0.6) is 0 Å². The van der Waals surface area contributed by atoms with Crippen LogP contribution in [0.1, 0.15) is 43.1 Å². The lowest BCUT2D eigenvalue weighted by Gasteiger charge is -2.21. The molecular weight excluding hydrogens is 232 g/mol. The maximum Gasteiger partial charge on any atom is 0.130 e. The van der Waals surface area contributed by atoms with Gasteiger partial charge >= 0.3 is 0 Å². The van der Waals surface area contributed by atoms with Crippen molar-refractivity contribution in [3.05, 3.63) is 22.2 Å². The molecule has 2 saturated carbocycles. The number of ether oxygens (including phenoxy) is 1. The highest BCUT2D eigenvalue weighted by Crippen LogP contribution is 2.52. The van der Waals surface area contributed by atoms with Crippen molar-refractivity contribution in [1.29, 1.82) is 0 Å². The zero-order valence-electron chi connectivity index (χ0n) is 10.1. The molecule has 1 aromatic rings. The van der Waals surface area contributed by atoms with E-state index in [1.165, 1.54) is 25.7 Å². The van der Waals surface area contributed by atoms with Gasteiger partial charge in [-0.3, -0.25) is 0 Å². The van der Waals surface area contributed by atoms with Gasteiger partial charge in [0.2, 0.25) is 0 Å². The topological polar surface area (TPSA) is 37.9 Å². The van der Waals surface area contributed by atoms with Gasteiger partial charge < -0.3 is 9.72 Å². The fourth-order valence-electron chi connectivity index (χ4n) is 3.52. The molecule has 2 bridgehead atoms. The summed E-state index contributed by atoms with van der Waals surface area (Å²) in [5.74, 6) is 3.46.